The average molecular weight is 378 g/mol. The standard InChI is InChI=1S/C22H22N2O4/c1-26-19-12-13-21(27-2)20(14-19)23-16-8-10-17(11-9-16)24-22(25)15-28-18-6-4-3-5-7-18/h3-14,23H,15H2,1-2H3,(H,24,25). The lowest BCUT2D eigenvalue weighted by molar-refractivity contribution is -0.118. The third-order valence-electron chi connectivity index (χ3n) is 3.97. The minimum absolute atomic E-state index is 0.0506. The van der Waals surface area contributed by atoms with Gasteiger partial charge in [-0.25, -0.2) is 0 Å². The molecule has 6 nitrogen and oxygen atoms in total. The van der Waals surface area contributed by atoms with Crippen molar-refractivity contribution < 1.29 is 19.0 Å². The van der Waals surface area contributed by atoms with Crippen LogP contribution in [0, 0.1) is 0 Å². The Bertz CT molecular complexity index is 912. The third-order valence-corrected chi connectivity index (χ3v) is 3.97. The minimum Gasteiger partial charge on any atom is -0.497 e. The second-order valence-corrected chi connectivity index (χ2v) is 5.92. The number of benzene rings is 3. The molecule has 0 saturated carbocycles. The zero-order valence-corrected chi connectivity index (χ0v) is 15.8. The van der Waals surface area contributed by atoms with Crippen molar-refractivity contribution in [2.75, 3.05) is 31.5 Å². The summed E-state index contributed by atoms with van der Waals surface area (Å²) in [5, 5.41) is 6.09. The maximum absolute atomic E-state index is 12.0. The molecule has 0 aliphatic carbocycles. The summed E-state index contributed by atoms with van der Waals surface area (Å²) in [6.45, 7) is -0.0506. The van der Waals surface area contributed by atoms with Crippen LogP contribution >= 0.6 is 0 Å². The molecular formula is C22H22N2O4. The number of anilines is 3. The van der Waals surface area contributed by atoms with Crippen LogP contribution in [-0.4, -0.2) is 26.7 Å². The predicted octanol–water partition coefficient (Wildman–Crippen LogP) is 4.46. The molecule has 0 aromatic heterocycles. The van der Waals surface area contributed by atoms with Crippen molar-refractivity contribution in [3.05, 3.63) is 72.8 Å². The number of ether oxygens (including phenoxy) is 3. The van der Waals surface area contributed by atoms with Crippen molar-refractivity contribution in [2.24, 2.45) is 0 Å². The largest absolute Gasteiger partial charge is 0.497 e. The van der Waals surface area contributed by atoms with Gasteiger partial charge < -0.3 is 24.8 Å². The molecule has 0 bridgehead atoms. The van der Waals surface area contributed by atoms with Gasteiger partial charge in [-0.15, -0.1) is 0 Å². The summed E-state index contributed by atoms with van der Waals surface area (Å²) in [5.41, 5.74) is 2.32. The van der Waals surface area contributed by atoms with Crippen molar-refractivity contribution in [3.8, 4) is 17.2 Å². The summed E-state index contributed by atoms with van der Waals surface area (Å²) in [5.74, 6) is 1.87. The number of hydrogen-bond acceptors (Lipinski definition) is 5. The Labute approximate surface area is 164 Å². The molecule has 144 valence electrons. The van der Waals surface area contributed by atoms with Gasteiger partial charge in [-0.1, -0.05) is 18.2 Å². The Kier molecular flexibility index (Phi) is 6.36. The Balaban J connectivity index is 1.58. The van der Waals surface area contributed by atoms with Crippen LogP contribution in [0.15, 0.2) is 72.8 Å². The summed E-state index contributed by atoms with van der Waals surface area (Å²) >= 11 is 0. The molecule has 0 atom stereocenters. The first-order chi connectivity index (χ1) is 13.7. The van der Waals surface area contributed by atoms with Crippen molar-refractivity contribution in [1.82, 2.24) is 0 Å². The van der Waals surface area contributed by atoms with Crippen LogP contribution in [0.3, 0.4) is 0 Å². The normalized spacial score (nSPS) is 10.1. The molecule has 0 fully saturated rings. The fourth-order valence-electron chi connectivity index (χ4n) is 2.57. The second kappa shape index (κ2) is 9.32. The van der Waals surface area contributed by atoms with Crippen molar-refractivity contribution in [2.45, 2.75) is 0 Å². The van der Waals surface area contributed by atoms with E-state index in [1.54, 1.807) is 26.4 Å². The summed E-state index contributed by atoms with van der Waals surface area (Å²) in [4.78, 5) is 12.0. The van der Waals surface area contributed by atoms with Crippen LogP contribution in [0.25, 0.3) is 0 Å². The van der Waals surface area contributed by atoms with Gasteiger partial charge in [-0.05, 0) is 48.5 Å². The summed E-state index contributed by atoms with van der Waals surface area (Å²) < 4.78 is 16.1. The van der Waals surface area contributed by atoms with E-state index in [1.165, 1.54) is 0 Å². The number of rotatable bonds is 8. The quantitative estimate of drug-likeness (QED) is 0.605. The van der Waals surface area contributed by atoms with Gasteiger partial charge in [0.2, 0.25) is 0 Å². The molecule has 0 radical (unpaired) electrons. The highest BCUT2D eigenvalue weighted by atomic mass is 16.5. The SMILES string of the molecule is COc1ccc(OC)c(Nc2ccc(NC(=O)COc3ccccc3)cc2)c1. The number of carbonyl (C=O) groups excluding carboxylic acids is 1. The van der Waals surface area contributed by atoms with Crippen molar-refractivity contribution >= 4 is 23.0 Å². The number of carbonyl (C=O) groups is 1. The highest BCUT2D eigenvalue weighted by Gasteiger charge is 2.07. The van der Waals surface area contributed by atoms with Crippen LogP contribution in [0.2, 0.25) is 0 Å². The lowest BCUT2D eigenvalue weighted by Gasteiger charge is -2.13. The monoisotopic (exact) mass is 378 g/mol. The fourth-order valence-corrected chi connectivity index (χ4v) is 2.57. The number of para-hydroxylation sites is 1. The van der Waals surface area contributed by atoms with E-state index in [0.29, 0.717) is 17.2 Å². The number of methoxy groups -OCH3 is 2. The van der Waals surface area contributed by atoms with Gasteiger partial charge in [0.1, 0.15) is 17.2 Å². The molecule has 0 unspecified atom stereocenters. The maximum atomic E-state index is 12.0. The van der Waals surface area contributed by atoms with E-state index in [4.69, 9.17) is 14.2 Å². The van der Waals surface area contributed by atoms with E-state index in [1.807, 2.05) is 60.7 Å². The molecule has 3 aromatic rings. The van der Waals surface area contributed by atoms with Crippen molar-refractivity contribution in [3.63, 3.8) is 0 Å². The molecule has 1 amide bonds. The van der Waals surface area contributed by atoms with E-state index >= 15 is 0 Å². The smallest absolute Gasteiger partial charge is 0.262 e. The third kappa shape index (κ3) is 5.17. The fraction of sp³-hybridized carbons (Fsp3) is 0.136. The average Bonchev–Trinajstić information content (AvgIpc) is 2.74. The Morgan fingerprint density at radius 1 is 0.821 bits per heavy atom. The highest BCUT2D eigenvalue weighted by Crippen LogP contribution is 2.31. The maximum Gasteiger partial charge on any atom is 0.262 e. The van der Waals surface area contributed by atoms with E-state index in [-0.39, 0.29) is 12.5 Å². The Morgan fingerprint density at radius 3 is 2.21 bits per heavy atom. The summed E-state index contributed by atoms with van der Waals surface area (Å²) in [6, 6.07) is 22.1. The van der Waals surface area contributed by atoms with Crippen LogP contribution in [0.5, 0.6) is 17.2 Å². The topological polar surface area (TPSA) is 68.8 Å². The van der Waals surface area contributed by atoms with Crippen molar-refractivity contribution in [1.29, 1.82) is 0 Å². The molecule has 0 aliphatic heterocycles. The molecule has 0 saturated heterocycles. The Hall–Kier alpha value is -3.67. The molecule has 28 heavy (non-hydrogen) atoms. The van der Waals surface area contributed by atoms with Gasteiger partial charge in [-0.2, -0.15) is 0 Å². The van der Waals surface area contributed by atoms with Crippen LogP contribution in [0.1, 0.15) is 0 Å². The first kappa shape index (κ1) is 19.1. The molecule has 3 aromatic carbocycles. The molecule has 0 heterocycles. The van der Waals surface area contributed by atoms with Crippen LogP contribution in [0.4, 0.5) is 17.1 Å². The molecule has 3 rings (SSSR count). The number of hydrogen-bond donors (Lipinski definition) is 2. The summed E-state index contributed by atoms with van der Waals surface area (Å²) in [7, 11) is 3.23. The van der Waals surface area contributed by atoms with Gasteiger partial charge in [0.25, 0.3) is 5.91 Å². The number of amides is 1. The van der Waals surface area contributed by atoms with Gasteiger partial charge >= 0.3 is 0 Å². The molecule has 2 N–H and O–H groups in total. The van der Waals surface area contributed by atoms with Gasteiger partial charge in [0.15, 0.2) is 6.61 Å². The zero-order chi connectivity index (χ0) is 19.8. The molecular weight excluding hydrogens is 356 g/mol. The first-order valence-corrected chi connectivity index (χ1v) is 8.75. The first-order valence-electron chi connectivity index (χ1n) is 8.75. The van der Waals surface area contributed by atoms with Gasteiger partial charge in [0.05, 0.1) is 19.9 Å². The summed E-state index contributed by atoms with van der Waals surface area (Å²) in [6.07, 6.45) is 0. The zero-order valence-electron chi connectivity index (χ0n) is 15.8. The van der Waals surface area contributed by atoms with E-state index in [9.17, 15) is 4.79 Å². The van der Waals surface area contributed by atoms with Gasteiger partial charge in [-0.3, -0.25) is 4.79 Å². The molecule has 0 spiro atoms. The van der Waals surface area contributed by atoms with E-state index in [2.05, 4.69) is 10.6 Å². The molecule has 0 aliphatic rings. The van der Waals surface area contributed by atoms with Crippen LogP contribution < -0.4 is 24.8 Å². The minimum atomic E-state index is -0.223. The highest BCUT2D eigenvalue weighted by molar-refractivity contribution is 5.92. The predicted molar refractivity (Wildman–Crippen MR) is 110 cm³/mol. The lowest BCUT2D eigenvalue weighted by atomic mass is 10.2. The lowest BCUT2D eigenvalue weighted by Crippen LogP contribution is -2.20. The Morgan fingerprint density at radius 2 is 1.54 bits per heavy atom. The van der Waals surface area contributed by atoms with E-state index in [0.717, 1.165) is 17.1 Å². The molecule has 6 heteroatoms. The second-order valence-electron chi connectivity index (χ2n) is 5.92. The van der Waals surface area contributed by atoms with Gasteiger partial charge in [0, 0.05) is 17.4 Å². The van der Waals surface area contributed by atoms with Crippen LogP contribution in [-0.2, 0) is 4.79 Å². The number of nitrogens with one attached hydrogen (secondary N) is 2. The van der Waals surface area contributed by atoms with E-state index < -0.39 is 0 Å².